The van der Waals surface area contributed by atoms with Crippen LogP contribution in [-0.4, -0.2) is 15.9 Å². The van der Waals surface area contributed by atoms with Crippen molar-refractivity contribution in [3.63, 3.8) is 0 Å². The van der Waals surface area contributed by atoms with Gasteiger partial charge in [0.25, 0.3) is 5.91 Å². The van der Waals surface area contributed by atoms with Crippen molar-refractivity contribution in [2.45, 2.75) is 6.61 Å². The number of nitrogens with zero attached hydrogens (tertiary/aromatic N) is 1. The lowest BCUT2D eigenvalue weighted by Crippen LogP contribution is -2.29. The Labute approximate surface area is 141 Å². The Morgan fingerprint density at radius 3 is 2.83 bits per heavy atom. The van der Waals surface area contributed by atoms with Gasteiger partial charge in [-0.2, -0.15) is 0 Å². The largest absolute Gasteiger partial charge is 0.484 e. The first kappa shape index (κ1) is 15.6. The molecule has 0 atom stereocenters. The van der Waals surface area contributed by atoms with E-state index in [2.05, 4.69) is 15.4 Å². The van der Waals surface area contributed by atoms with Gasteiger partial charge in [-0.3, -0.25) is 10.2 Å². The number of H-pyrrole nitrogens is 1. The maximum atomic E-state index is 11.5. The lowest BCUT2D eigenvalue weighted by atomic mass is 10.2. The summed E-state index contributed by atoms with van der Waals surface area (Å²) >= 11 is 11.9. The number of aromatic nitrogens is 2. The zero-order valence-electron chi connectivity index (χ0n) is 11.8. The minimum Gasteiger partial charge on any atom is -0.484 e. The molecule has 118 valence electrons. The summed E-state index contributed by atoms with van der Waals surface area (Å²) in [5, 5.41) is 0.965. The number of imidazole rings is 1. The number of ether oxygens (including phenoxy) is 1. The number of nitrogens with one attached hydrogen (secondary N) is 2. The molecule has 0 saturated carbocycles. The van der Waals surface area contributed by atoms with Crippen LogP contribution in [0.25, 0.3) is 11.0 Å². The number of nitrogens with two attached hydrogens (primary N) is 1. The van der Waals surface area contributed by atoms with Crippen molar-refractivity contribution in [1.82, 2.24) is 15.4 Å². The van der Waals surface area contributed by atoms with Crippen LogP contribution in [0.2, 0.25) is 10.0 Å². The number of amides is 1. The molecule has 1 amide bonds. The van der Waals surface area contributed by atoms with E-state index in [-0.39, 0.29) is 12.5 Å². The lowest BCUT2D eigenvalue weighted by molar-refractivity contribution is 0.0954. The normalized spacial score (nSPS) is 10.7. The van der Waals surface area contributed by atoms with Gasteiger partial charge in [0.2, 0.25) is 0 Å². The molecule has 3 rings (SSSR count). The van der Waals surface area contributed by atoms with Crippen LogP contribution in [-0.2, 0) is 6.61 Å². The Bertz CT molecular complexity index is 879. The highest BCUT2D eigenvalue weighted by Gasteiger charge is 2.09. The summed E-state index contributed by atoms with van der Waals surface area (Å²) in [7, 11) is 0. The van der Waals surface area contributed by atoms with Gasteiger partial charge in [-0.25, -0.2) is 10.8 Å². The van der Waals surface area contributed by atoms with Crippen molar-refractivity contribution < 1.29 is 9.53 Å². The van der Waals surface area contributed by atoms with Gasteiger partial charge in [0.15, 0.2) is 0 Å². The topological polar surface area (TPSA) is 93.0 Å². The van der Waals surface area contributed by atoms with Crippen LogP contribution in [0.4, 0.5) is 0 Å². The van der Waals surface area contributed by atoms with E-state index in [0.717, 1.165) is 5.52 Å². The zero-order valence-corrected chi connectivity index (χ0v) is 13.3. The molecule has 6 nitrogen and oxygen atoms in total. The molecule has 8 heteroatoms. The summed E-state index contributed by atoms with van der Waals surface area (Å²) in [6.45, 7) is 0.203. The Morgan fingerprint density at radius 2 is 2.09 bits per heavy atom. The average Bonchev–Trinajstić information content (AvgIpc) is 2.95. The standard InChI is InChI=1S/C15H12Cl2N4O2/c16-9-2-4-13(10(17)6-9)23-7-14-19-11-3-1-8(15(22)21-18)5-12(11)20-14/h1-6H,7,18H2,(H,19,20)(H,21,22). The molecule has 0 radical (unpaired) electrons. The first-order valence-electron chi connectivity index (χ1n) is 6.64. The molecule has 0 bridgehead atoms. The second-order valence-electron chi connectivity index (χ2n) is 4.75. The van der Waals surface area contributed by atoms with E-state index >= 15 is 0 Å². The number of halogens is 2. The molecule has 2 aromatic carbocycles. The van der Waals surface area contributed by atoms with Gasteiger partial charge in [0.1, 0.15) is 18.2 Å². The molecule has 1 heterocycles. The number of fused-ring (bicyclic) bond motifs is 1. The van der Waals surface area contributed by atoms with E-state index in [1.165, 1.54) is 0 Å². The third-order valence-electron chi connectivity index (χ3n) is 3.18. The van der Waals surface area contributed by atoms with Crippen molar-refractivity contribution >= 4 is 40.1 Å². The second kappa shape index (κ2) is 6.45. The molecule has 0 spiro atoms. The Morgan fingerprint density at radius 1 is 1.26 bits per heavy atom. The quantitative estimate of drug-likeness (QED) is 0.383. The van der Waals surface area contributed by atoms with Crippen LogP contribution in [0.5, 0.6) is 5.75 Å². The fourth-order valence-corrected chi connectivity index (χ4v) is 2.56. The Kier molecular flexibility index (Phi) is 4.38. The van der Waals surface area contributed by atoms with E-state index in [1.54, 1.807) is 36.4 Å². The maximum absolute atomic E-state index is 11.5. The molecule has 4 N–H and O–H groups in total. The van der Waals surface area contributed by atoms with E-state index in [4.69, 9.17) is 33.8 Å². The third-order valence-corrected chi connectivity index (χ3v) is 3.71. The number of hydrogen-bond acceptors (Lipinski definition) is 4. The van der Waals surface area contributed by atoms with Crippen LogP contribution < -0.4 is 16.0 Å². The average molecular weight is 351 g/mol. The lowest BCUT2D eigenvalue weighted by Gasteiger charge is -2.06. The molecule has 0 aliphatic heterocycles. The smallest absolute Gasteiger partial charge is 0.265 e. The molecule has 0 unspecified atom stereocenters. The highest BCUT2D eigenvalue weighted by atomic mass is 35.5. The molecule has 0 saturated heterocycles. The molecular weight excluding hydrogens is 339 g/mol. The number of rotatable bonds is 4. The summed E-state index contributed by atoms with van der Waals surface area (Å²) in [4.78, 5) is 19.0. The van der Waals surface area contributed by atoms with Gasteiger partial charge in [-0.1, -0.05) is 23.2 Å². The van der Waals surface area contributed by atoms with Crippen molar-refractivity contribution in [3.8, 4) is 5.75 Å². The number of nitrogen functional groups attached to an aromatic ring is 1. The number of hydrogen-bond donors (Lipinski definition) is 3. The molecular formula is C15H12Cl2N4O2. The number of aromatic amines is 1. The monoisotopic (exact) mass is 350 g/mol. The molecule has 23 heavy (non-hydrogen) atoms. The van der Waals surface area contributed by atoms with Crippen LogP contribution >= 0.6 is 23.2 Å². The molecule has 0 aliphatic rings. The Balaban J connectivity index is 1.79. The summed E-state index contributed by atoms with van der Waals surface area (Å²) < 4.78 is 5.62. The second-order valence-corrected chi connectivity index (χ2v) is 5.60. The van der Waals surface area contributed by atoms with Crippen molar-refractivity contribution in [2.24, 2.45) is 5.84 Å². The van der Waals surface area contributed by atoms with E-state index in [0.29, 0.717) is 32.7 Å². The van der Waals surface area contributed by atoms with Gasteiger partial charge >= 0.3 is 0 Å². The highest BCUT2D eigenvalue weighted by Crippen LogP contribution is 2.28. The van der Waals surface area contributed by atoms with Crippen LogP contribution in [0.3, 0.4) is 0 Å². The molecule has 3 aromatic rings. The van der Waals surface area contributed by atoms with Crippen LogP contribution in [0, 0.1) is 0 Å². The van der Waals surface area contributed by atoms with Gasteiger partial charge in [-0.05, 0) is 36.4 Å². The van der Waals surface area contributed by atoms with Gasteiger partial charge < -0.3 is 9.72 Å². The fourth-order valence-electron chi connectivity index (χ4n) is 2.09. The number of carbonyl (C=O) groups is 1. The summed E-state index contributed by atoms with van der Waals surface area (Å²) in [5.74, 6) is 5.88. The first-order valence-corrected chi connectivity index (χ1v) is 7.40. The number of benzene rings is 2. The van der Waals surface area contributed by atoms with Gasteiger partial charge in [-0.15, -0.1) is 0 Å². The summed E-state index contributed by atoms with van der Waals surface area (Å²) in [6.07, 6.45) is 0. The van der Waals surface area contributed by atoms with E-state index in [1.807, 2.05) is 0 Å². The fraction of sp³-hybridized carbons (Fsp3) is 0.0667. The predicted molar refractivity (Wildman–Crippen MR) is 88.5 cm³/mol. The minimum atomic E-state index is -0.368. The third kappa shape index (κ3) is 3.39. The first-order chi connectivity index (χ1) is 11.1. The number of hydrazine groups is 1. The SMILES string of the molecule is NNC(=O)c1ccc2nc(COc3ccc(Cl)cc3Cl)[nH]c2c1. The van der Waals surface area contributed by atoms with Crippen molar-refractivity contribution in [3.05, 3.63) is 57.8 Å². The van der Waals surface area contributed by atoms with Crippen molar-refractivity contribution in [1.29, 1.82) is 0 Å². The molecule has 0 fully saturated rings. The number of carbonyl (C=O) groups excluding carboxylic acids is 1. The zero-order chi connectivity index (χ0) is 16.4. The summed E-state index contributed by atoms with van der Waals surface area (Å²) in [6, 6.07) is 10.0. The van der Waals surface area contributed by atoms with Crippen molar-refractivity contribution in [2.75, 3.05) is 0 Å². The maximum Gasteiger partial charge on any atom is 0.265 e. The van der Waals surface area contributed by atoms with Gasteiger partial charge in [0, 0.05) is 10.6 Å². The highest BCUT2D eigenvalue weighted by molar-refractivity contribution is 6.35. The van der Waals surface area contributed by atoms with E-state index < -0.39 is 0 Å². The predicted octanol–water partition coefficient (Wildman–Crippen LogP) is 3.05. The molecule has 1 aromatic heterocycles. The van der Waals surface area contributed by atoms with E-state index in [9.17, 15) is 4.79 Å². The summed E-state index contributed by atoms with van der Waals surface area (Å²) in [5.41, 5.74) is 3.96. The van der Waals surface area contributed by atoms with Crippen LogP contribution in [0.15, 0.2) is 36.4 Å². The molecule has 0 aliphatic carbocycles. The Hall–Kier alpha value is -2.28. The van der Waals surface area contributed by atoms with Crippen LogP contribution in [0.1, 0.15) is 16.2 Å². The minimum absolute atomic E-state index is 0.203. The van der Waals surface area contributed by atoms with Gasteiger partial charge in [0.05, 0.1) is 16.1 Å².